The summed E-state index contributed by atoms with van der Waals surface area (Å²) >= 11 is 5.46. The molecule has 29 heavy (non-hydrogen) atoms. The van der Waals surface area contributed by atoms with E-state index in [1.54, 1.807) is 11.8 Å². The molecule has 0 fully saturated rings. The van der Waals surface area contributed by atoms with E-state index in [-0.39, 0.29) is 29.5 Å². The second-order valence-electron chi connectivity index (χ2n) is 6.32. The van der Waals surface area contributed by atoms with Crippen molar-refractivity contribution in [3.8, 4) is 0 Å². The van der Waals surface area contributed by atoms with Gasteiger partial charge in [0.1, 0.15) is 18.2 Å². The quantitative estimate of drug-likeness (QED) is 0.437. The molecule has 0 amide bonds. The zero-order valence-corrected chi connectivity index (χ0v) is 16.8. The highest BCUT2D eigenvalue weighted by Crippen LogP contribution is 2.36. The zero-order chi connectivity index (χ0) is 21.0. The standard InChI is InChI=1S/C21H20F2N2O3S/c1-13-17(20(26)28-12-11-27-2)19(18-15(22)9-6-10-16(18)23)24-21(29)25(13)14-7-4-3-5-8-14/h3-10,19H,11-12H2,1-2H3,(H,24,29)/t19-/m0/s1. The Kier molecular flexibility index (Phi) is 6.56. The van der Waals surface area contributed by atoms with Crippen molar-refractivity contribution in [2.24, 2.45) is 0 Å². The summed E-state index contributed by atoms with van der Waals surface area (Å²) in [5.41, 5.74) is 0.912. The van der Waals surface area contributed by atoms with Gasteiger partial charge in [-0.25, -0.2) is 13.6 Å². The van der Waals surface area contributed by atoms with Crippen LogP contribution in [0.1, 0.15) is 18.5 Å². The SMILES string of the molecule is COCCOC(=O)C1=C(C)N(c2ccccc2)C(=S)N[C@@H]1c1c(F)cccc1F. The van der Waals surface area contributed by atoms with Crippen molar-refractivity contribution in [2.75, 3.05) is 25.2 Å². The van der Waals surface area contributed by atoms with Gasteiger partial charge in [-0.05, 0) is 43.4 Å². The van der Waals surface area contributed by atoms with Crippen molar-refractivity contribution in [2.45, 2.75) is 13.0 Å². The first-order valence-corrected chi connectivity index (χ1v) is 9.33. The van der Waals surface area contributed by atoms with Crippen molar-refractivity contribution in [1.82, 2.24) is 5.32 Å². The number of ether oxygens (including phenoxy) is 2. The molecule has 1 aliphatic rings. The Morgan fingerprint density at radius 2 is 1.76 bits per heavy atom. The van der Waals surface area contributed by atoms with Gasteiger partial charge in [0.15, 0.2) is 5.11 Å². The Morgan fingerprint density at radius 1 is 1.10 bits per heavy atom. The maximum Gasteiger partial charge on any atom is 0.338 e. The van der Waals surface area contributed by atoms with E-state index in [1.807, 2.05) is 30.3 Å². The molecule has 0 saturated heterocycles. The average Bonchev–Trinajstić information content (AvgIpc) is 2.68. The van der Waals surface area contributed by atoms with Crippen LogP contribution in [-0.2, 0) is 14.3 Å². The number of para-hydroxylation sites is 1. The summed E-state index contributed by atoms with van der Waals surface area (Å²) in [7, 11) is 1.48. The third kappa shape index (κ3) is 4.28. The molecule has 152 valence electrons. The molecule has 0 bridgehead atoms. The van der Waals surface area contributed by atoms with Crippen LogP contribution in [0, 0.1) is 11.6 Å². The van der Waals surface area contributed by atoms with E-state index < -0.39 is 23.6 Å². The Bertz CT molecular complexity index is 930. The lowest BCUT2D eigenvalue weighted by Gasteiger charge is -2.37. The number of allylic oxidation sites excluding steroid dienone is 1. The largest absolute Gasteiger partial charge is 0.460 e. The Hall–Kier alpha value is -2.84. The molecule has 0 aromatic heterocycles. The second-order valence-corrected chi connectivity index (χ2v) is 6.70. The van der Waals surface area contributed by atoms with Crippen LogP contribution >= 0.6 is 12.2 Å². The van der Waals surface area contributed by atoms with Gasteiger partial charge in [-0.3, -0.25) is 4.90 Å². The summed E-state index contributed by atoms with van der Waals surface area (Å²) < 4.78 is 39.2. The van der Waals surface area contributed by atoms with Gasteiger partial charge < -0.3 is 14.8 Å². The normalized spacial score (nSPS) is 16.6. The Morgan fingerprint density at radius 3 is 2.38 bits per heavy atom. The van der Waals surface area contributed by atoms with Crippen molar-refractivity contribution in [3.63, 3.8) is 0 Å². The van der Waals surface area contributed by atoms with Gasteiger partial charge in [-0.1, -0.05) is 24.3 Å². The molecule has 0 aliphatic carbocycles. The highest BCUT2D eigenvalue weighted by atomic mass is 32.1. The molecular weight excluding hydrogens is 398 g/mol. The number of esters is 1. The van der Waals surface area contributed by atoms with Crippen LogP contribution < -0.4 is 10.2 Å². The van der Waals surface area contributed by atoms with Crippen molar-refractivity contribution in [1.29, 1.82) is 0 Å². The number of nitrogens with one attached hydrogen (secondary N) is 1. The van der Waals surface area contributed by atoms with E-state index in [2.05, 4.69) is 5.32 Å². The number of benzene rings is 2. The predicted molar refractivity (Wildman–Crippen MR) is 109 cm³/mol. The lowest BCUT2D eigenvalue weighted by atomic mass is 9.94. The van der Waals surface area contributed by atoms with Gasteiger partial charge in [0.25, 0.3) is 0 Å². The van der Waals surface area contributed by atoms with Crippen LogP contribution in [0.15, 0.2) is 59.8 Å². The smallest absolute Gasteiger partial charge is 0.338 e. The first-order valence-electron chi connectivity index (χ1n) is 8.92. The fourth-order valence-corrected chi connectivity index (χ4v) is 3.55. The molecule has 0 saturated carbocycles. The molecule has 8 heteroatoms. The lowest BCUT2D eigenvalue weighted by molar-refractivity contribution is -0.140. The first-order chi connectivity index (χ1) is 14.0. The van der Waals surface area contributed by atoms with E-state index >= 15 is 0 Å². The van der Waals surface area contributed by atoms with E-state index in [1.165, 1.54) is 13.2 Å². The van der Waals surface area contributed by atoms with Crippen LogP contribution in [0.25, 0.3) is 0 Å². The van der Waals surface area contributed by atoms with E-state index in [4.69, 9.17) is 21.7 Å². The molecule has 1 heterocycles. The minimum absolute atomic E-state index is 0.00830. The Labute approximate surface area is 172 Å². The van der Waals surface area contributed by atoms with Crippen molar-refractivity contribution < 1.29 is 23.0 Å². The fourth-order valence-electron chi connectivity index (χ4n) is 3.19. The monoisotopic (exact) mass is 418 g/mol. The summed E-state index contributed by atoms with van der Waals surface area (Å²) in [5.74, 6) is -2.27. The highest BCUT2D eigenvalue weighted by Gasteiger charge is 2.38. The number of carbonyl (C=O) groups is 1. The topological polar surface area (TPSA) is 50.8 Å². The lowest BCUT2D eigenvalue weighted by Crippen LogP contribution is -2.48. The van der Waals surface area contributed by atoms with Crippen molar-refractivity contribution >= 4 is 29.0 Å². The molecule has 0 spiro atoms. The maximum absolute atomic E-state index is 14.5. The van der Waals surface area contributed by atoms with E-state index in [9.17, 15) is 13.6 Å². The summed E-state index contributed by atoms with van der Waals surface area (Å²) in [6.07, 6.45) is 0. The molecule has 2 aromatic rings. The molecule has 1 aliphatic heterocycles. The van der Waals surface area contributed by atoms with E-state index in [0.717, 1.165) is 12.1 Å². The summed E-state index contributed by atoms with van der Waals surface area (Å²) in [5, 5.41) is 3.12. The molecule has 0 unspecified atom stereocenters. The molecule has 3 rings (SSSR count). The summed E-state index contributed by atoms with van der Waals surface area (Å²) in [6.45, 7) is 1.87. The van der Waals surface area contributed by atoms with Gasteiger partial charge in [0, 0.05) is 18.5 Å². The third-order valence-electron chi connectivity index (χ3n) is 4.53. The van der Waals surface area contributed by atoms with Gasteiger partial charge in [-0.15, -0.1) is 0 Å². The molecule has 0 radical (unpaired) electrons. The molecule has 1 atom stereocenters. The average molecular weight is 418 g/mol. The van der Waals surface area contributed by atoms with E-state index in [0.29, 0.717) is 11.4 Å². The van der Waals surface area contributed by atoms with Crippen LogP contribution in [0.2, 0.25) is 0 Å². The molecule has 2 aromatic carbocycles. The molecule has 5 nitrogen and oxygen atoms in total. The third-order valence-corrected chi connectivity index (χ3v) is 4.83. The second kappa shape index (κ2) is 9.11. The van der Waals surface area contributed by atoms with Gasteiger partial charge in [-0.2, -0.15) is 0 Å². The fraction of sp³-hybridized carbons (Fsp3) is 0.238. The highest BCUT2D eigenvalue weighted by molar-refractivity contribution is 7.80. The minimum Gasteiger partial charge on any atom is -0.460 e. The summed E-state index contributed by atoms with van der Waals surface area (Å²) in [4.78, 5) is 14.5. The minimum atomic E-state index is -1.13. The van der Waals surface area contributed by atoms with Crippen LogP contribution in [0.5, 0.6) is 0 Å². The number of anilines is 1. The molecular formula is C21H20F2N2O3S. The van der Waals surface area contributed by atoms with Gasteiger partial charge in [0.2, 0.25) is 0 Å². The Balaban J connectivity index is 2.12. The number of halogens is 2. The number of nitrogens with zero attached hydrogens (tertiary/aromatic N) is 1. The number of carbonyl (C=O) groups excluding carboxylic acids is 1. The molecule has 1 N–H and O–H groups in total. The number of methoxy groups -OCH3 is 1. The summed E-state index contributed by atoms with van der Waals surface area (Å²) in [6, 6.07) is 11.5. The number of thiocarbonyl (C=S) groups is 1. The maximum atomic E-state index is 14.5. The van der Waals surface area contributed by atoms with Gasteiger partial charge >= 0.3 is 5.97 Å². The first kappa shape index (κ1) is 20.9. The number of hydrogen-bond acceptors (Lipinski definition) is 4. The number of hydrogen-bond donors (Lipinski definition) is 1. The van der Waals surface area contributed by atoms with Gasteiger partial charge in [0.05, 0.1) is 23.8 Å². The van der Waals surface area contributed by atoms with Crippen molar-refractivity contribution in [3.05, 3.63) is 77.0 Å². The number of rotatable bonds is 6. The van der Waals surface area contributed by atoms with Crippen LogP contribution in [0.4, 0.5) is 14.5 Å². The van der Waals surface area contributed by atoms with Crippen LogP contribution in [0.3, 0.4) is 0 Å². The predicted octanol–water partition coefficient (Wildman–Crippen LogP) is 3.86. The van der Waals surface area contributed by atoms with Crippen LogP contribution in [-0.4, -0.2) is 31.4 Å². The zero-order valence-electron chi connectivity index (χ0n) is 15.9.